The Bertz CT molecular complexity index is 1690. The predicted molar refractivity (Wildman–Crippen MR) is 166 cm³/mol. The molecular formula is C38H34. The first kappa shape index (κ1) is 24.2. The van der Waals surface area contributed by atoms with Crippen molar-refractivity contribution in [1.82, 2.24) is 0 Å². The highest BCUT2D eigenvalue weighted by Gasteiger charge is 2.16. The van der Waals surface area contributed by atoms with Crippen LogP contribution in [0.3, 0.4) is 0 Å². The van der Waals surface area contributed by atoms with Crippen LogP contribution in [0.1, 0.15) is 37.5 Å². The summed E-state index contributed by atoms with van der Waals surface area (Å²) in [4.78, 5) is 0. The van der Waals surface area contributed by atoms with Crippen molar-refractivity contribution in [2.24, 2.45) is 0 Å². The number of rotatable bonds is 3. The van der Waals surface area contributed by atoms with E-state index in [4.69, 9.17) is 0 Å². The molecule has 0 aliphatic rings. The molecule has 0 saturated heterocycles. The van der Waals surface area contributed by atoms with Gasteiger partial charge in [0, 0.05) is 0 Å². The van der Waals surface area contributed by atoms with Gasteiger partial charge in [0.2, 0.25) is 0 Å². The molecule has 0 aromatic heterocycles. The molecule has 0 heteroatoms. The van der Waals surface area contributed by atoms with Crippen LogP contribution in [0.4, 0.5) is 0 Å². The van der Waals surface area contributed by atoms with Crippen molar-refractivity contribution in [3.8, 4) is 33.4 Å². The molecule has 38 heavy (non-hydrogen) atoms. The molecule has 0 nitrogen and oxygen atoms in total. The van der Waals surface area contributed by atoms with Crippen LogP contribution in [0, 0.1) is 13.8 Å². The van der Waals surface area contributed by atoms with Crippen LogP contribution in [0.5, 0.6) is 0 Å². The van der Waals surface area contributed by atoms with Gasteiger partial charge in [0.15, 0.2) is 0 Å². The molecule has 0 saturated carbocycles. The number of benzene rings is 6. The lowest BCUT2D eigenvalue weighted by Crippen LogP contribution is -2.10. The summed E-state index contributed by atoms with van der Waals surface area (Å²) in [5, 5.41) is 5.13. The minimum Gasteiger partial charge on any atom is -0.0620 e. The summed E-state index contributed by atoms with van der Waals surface area (Å²) in [6.45, 7) is 11.2. The Kier molecular flexibility index (Phi) is 5.92. The fourth-order valence-corrected chi connectivity index (χ4v) is 5.71. The Morgan fingerprint density at radius 3 is 1.34 bits per heavy atom. The van der Waals surface area contributed by atoms with Crippen molar-refractivity contribution >= 4 is 21.5 Å². The maximum absolute atomic E-state index is 2.38. The van der Waals surface area contributed by atoms with Crippen molar-refractivity contribution in [3.05, 3.63) is 132 Å². The summed E-state index contributed by atoms with van der Waals surface area (Å²) in [6.07, 6.45) is 0. The fourth-order valence-electron chi connectivity index (χ4n) is 5.71. The summed E-state index contributed by atoms with van der Waals surface area (Å²) < 4.78 is 0. The topological polar surface area (TPSA) is 0 Å². The molecule has 0 bridgehead atoms. The van der Waals surface area contributed by atoms with E-state index in [9.17, 15) is 0 Å². The molecule has 0 aliphatic heterocycles. The lowest BCUT2D eigenvalue weighted by molar-refractivity contribution is 0.590. The summed E-state index contributed by atoms with van der Waals surface area (Å²) in [5.74, 6) is 0. The molecule has 6 rings (SSSR count). The number of hydrogen-bond acceptors (Lipinski definition) is 0. The summed E-state index contributed by atoms with van der Waals surface area (Å²) >= 11 is 0. The first-order chi connectivity index (χ1) is 18.3. The zero-order valence-electron chi connectivity index (χ0n) is 23.0. The third-order valence-electron chi connectivity index (χ3n) is 7.90. The molecule has 186 valence electrons. The molecule has 6 aromatic carbocycles. The van der Waals surface area contributed by atoms with E-state index in [2.05, 4.69) is 150 Å². The Hall–Kier alpha value is -4.16. The van der Waals surface area contributed by atoms with E-state index in [1.807, 2.05) is 0 Å². The Labute approximate surface area is 226 Å². The van der Waals surface area contributed by atoms with Crippen LogP contribution >= 0.6 is 0 Å². The molecule has 6 aromatic rings. The quantitative estimate of drug-likeness (QED) is 0.216. The van der Waals surface area contributed by atoms with E-state index >= 15 is 0 Å². The van der Waals surface area contributed by atoms with Gasteiger partial charge in [-0.05, 0) is 109 Å². The summed E-state index contributed by atoms with van der Waals surface area (Å²) in [5.41, 5.74) is 11.8. The lowest BCUT2D eigenvalue weighted by atomic mass is 9.84. The molecule has 0 unspecified atom stereocenters. The minimum atomic E-state index is 0.129. The predicted octanol–water partition coefficient (Wildman–Crippen LogP) is 10.9. The second-order valence-electron chi connectivity index (χ2n) is 11.6. The van der Waals surface area contributed by atoms with Gasteiger partial charge in [-0.15, -0.1) is 0 Å². The maximum Gasteiger partial charge on any atom is -0.00268 e. The lowest BCUT2D eigenvalue weighted by Gasteiger charge is -2.20. The number of fused-ring (bicyclic) bond motifs is 2. The fraction of sp³-hybridized carbons (Fsp3) is 0.158. The van der Waals surface area contributed by atoms with Crippen molar-refractivity contribution < 1.29 is 0 Å². The van der Waals surface area contributed by atoms with Gasteiger partial charge in [0.1, 0.15) is 0 Å². The molecule has 0 amide bonds. The molecule has 0 atom stereocenters. The second-order valence-corrected chi connectivity index (χ2v) is 11.6. The van der Waals surface area contributed by atoms with Gasteiger partial charge in [0.25, 0.3) is 0 Å². The summed E-state index contributed by atoms with van der Waals surface area (Å²) in [7, 11) is 0. The normalized spacial score (nSPS) is 11.8. The van der Waals surface area contributed by atoms with E-state index in [1.165, 1.54) is 71.6 Å². The maximum atomic E-state index is 2.38. The second kappa shape index (κ2) is 9.30. The average Bonchev–Trinajstić information content (AvgIpc) is 2.91. The standard InChI is InChI=1S/C38H34/c1-25-10-6-8-12-33(25)28-16-20-35-30(22-28)24-31-23-29(34-13-9-7-11-26(34)2)17-21-36(31)37(35)27-14-18-32(19-15-27)38(3,4)5/h6-24H,1-5H3. The van der Waals surface area contributed by atoms with E-state index in [0.717, 1.165) is 0 Å². The SMILES string of the molecule is Cc1ccccc1-c1ccc2c(-c3ccc(C(C)(C)C)cc3)c3ccc(-c4ccccc4C)cc3cc2c1. The van der Waals surface area contributed by atoms with Gasteiger partial charge in [-0.2, -0.15) is 0 Å². The van der Waals surface area contributed by atoms with Gasteiger partial charge in [-0.1, -0.05) is 118 Å². The van der Waals surface area contributed by atoms with Crippen molar-refractivity contribution in [1.29, 1.82) is 0 Å². The number of aryl methyl sites for hydroxylation is 2. The van der Waals surface area contributed by atoms with Crippen LogP contribution in [-0.4, -0.2) is 0 Å². The van der Waals surface area contributed by atoms with Gasteiger partial charge in [-0.3, -0.25) is 0 Å². The first-order valence-electron chi connectivity index (χ1n) is 13.5. The molecule has 0 heterocycles. The van der Waals surface area contributed by atoms with E-state index in [0.29, 0.717) is 0 Å². The van der Waals surface area contributed by atoms with E-state index < -0.39 is 0 Å². The van der Waals surface area contributed by atoms with Crippen LogP contribution < -0.4 is 0 Å². The molecule has 0 aliphatic carbocycles. The third-order valence-corrected chi connectivity index (χ3v) is 7.90. The monoisotopic (exact) mass is 490 g/mol. The molecular weight excluding hydrogens is 456 g/mol. The van der Waals surface area contributed by atoms with Crippen LogP contribution in [0.2, 0.25) is 0 Å². The Balaban J connectivity index is 1.63. The molecule has 0 N–H and O–H groups in total. The van der Waals surface area contributed by atoms with Gasteiger partial charge in [0.05, 0.1) is 0 Å². The molecule has 0 spiro atoms. The van der Waals surface area contributed by atoms with Crippen LogP contribution in [0.15, 0.2) is 115 Å². The first-order valence-corrected chi connectivity index (χ1v) is 13.5. The van der Waals surface area contributed by atoms with Crippen LogP contribution in [-0.2, 0) is 5.41 Å². The Morgan fingerprint density at radius 2 is 0.895 bits per heavy atom. The van der Waals surface area contributed by atoms with Gasteiger partial charge < -0.3 is 0 Å². The van der Waals surface area contributed by atoms with Crippen molar-refractivity contribution in [3.63, 3.8) is 0 Å². The third kappa shape index (κ3) is 4.31. The highest BCUT2D eigenvalue weighted by atomic mass is 14.2. The largest absolute Gasteiger partial charge is 0.0620 e. The van der Waals surface area contributed by atoms with Crippen molar-refractivity contribution in [2.75, 3.05) is 0 Å². The minimum absolute atomic E-state index is 0.129. The smallest absolute Gasteiger partial charge is 0.00268 e. The number of hydrogen-bond donors (Lipinski definition) is 0. The average molecular weight is 491 g/mol. The molecule has 0 fully saturated rings. The van der Waals surface area contributed by atoms with E-state index in [-0.39, 0.29) is 5.41 Å². The van der Waals surface area contributed by atoms with Gasteiger partial charge in [-0.25, -0.2) is 0 Å². The van der Waals surface area contributed by atoms with Crippen LogP contribution in [0.25, 0.3) is 54.9 Å². The van der Waals surface area contributed by atoms with Crippen molar-refractivity contribution in [2.45, 2.75) is 40.0 Å². The van der Waals surface area contributed by atoms with Gasteiger partial charge >= 0.3 is 0 Å². The van der Waals surface area contributed by atoms with E-state index in [1.54, 1.807) is 0 Å². The Morgan fingerprint density at radius 1 is 0.447 bits per heavy atom. The highest BCUT2D eigenvalue weighted by molar-refractivity contribution is 6.14. The zero-order valence-corrected chi connectivity index (χ0v) is 23.0. The zero-order chi connectivity index (χ0) is 26.4. The highest BCUT2D eigenvalue weighted by Crippen LogP contribution is 2.40. The summed E-state index contributed by atoms with van der Waals surface area (Å²) in [6, 6.07) is 42.8. The molecule has 0 radical (unpaired) electrons.